The smallest absolute Gasteiger partial charge is 0.164 e. The first-order valence-corrected chi connectivity index (χ1v) is 17.6. The maximum Gasteiger partial charge on any atom is 0.164 e. The predicted octanol–water partition coefficient (Wildman–Crippen LogP) is 11.2. The fourth-order valence-electron chi connectivity index (χ4n) is 7.14. The SMILES string of the molecule is c1ccc(-c2nc(-c3ccccc3)nc(-c3cc(-c4cnc5ccccc5c4)cc(-c4ccc5c(c4)c4ccccc4n5-c4ccccn4)c3)n2)cc1. The van der Waals surface area contributed by atoms with Gasteiger partial charge in [0.25, 0.3) is 0 Å². The molecule has 0 radical (unpaired) electrons. The van der Waals surface area contributed by atoms with Gasteiger partial charge in [0, 0.05) is 50.8 Å². The Morgan fingerprint density at radius 2 is 0.962 bits per heavy atom. The van der Waals surface area contributed by atoms with Crippen LogP contribution in [0.2, 0.25) is 0 Å². The molecule has 6 nitrogen and oxygen atoms in total. The Hall–Kier alpha value is -7.31. The van der Waals surface area contributed by atoms with Crippen LogP contribution in [0.25, 0.3) is 94.9 Å². The molecule has 4 aromatic heterocycles. The van der Waals surface area contributed by atoms with Crippen LogP contribution in [-0.4, -0.2) is 29.5 Å². The van der Waals surface area contributed by atoms with Crippen molar-refractivity contribution >= 4 is 32.7 Å². The summed E-state index contributed by atoms with van der Waals surface area (Å²) < 4.78 is 2.23. The molecule has 0 aliphatic heterocycles. The van der Waals surface area contributed by atoms with Gasteiger partial charge >= 0.3 is 0 Å². The van der Waals surface area contributed by atoms with Crippen LogP contribution in [0.1, 0.15) is 0 Å². The van der Waals surface area contributed by atoms with E-state index in [2.05, 4.69) is 83.4 Å². The van der Waals surface area contributed by atoms with Gasteiger partial charge in [-0.05, 0) is 77.4 Å². The van der Waals surface area contributed by atoms with Crippen molar-refractivity contribution in [2.45, 2.75) is 0 Å². The molecule has 10 rings (SSSR count). The quantitative estimate of drug-likeness (QED) is 0.175. The van der Waals surface area contributed by atoms with E-state index in [0.29, 0.717) is 17.5 Å². The third-order valence-corrected chi connectivity index (χ3v) is 9.70. The minimum Gasteiger partial charge on any atom is -0.294 e. The van der Waals surface area contributed by atoms with Crippen LogP contribution in [-0.2, 0) is 0 Å². The average Bonchev–Trinajstić information content (AvgIpc) is 3.58. The lowest BCUT2D eigenvalue weighted by molar-refractivity contribution is 1.07. The molecule has 0 fully saturated rings. The molecule has 6 heteroatoms. The van der Waals surface area contributed by atoms with E-state index in [-0.39, 0.29) is 0 Å². The Kier molecular flexibility index (Phi) is 7.36. The summed E-state index contributed by atoms with van der Waals surface area (Å²) in [6, 6.07) is 58.4. The van der Waals surface area contributed by atoms with Gasteiger partial charge < -0.3 is 0 Å². The number of rotatable bonds is 6. The van der Waals surface area contributed by atoms with Gasteiger partial charge in [0.05, 0.1) is 16.6 Å². The van der Waals surface area contributed by atoms with Gasteiger partial charge in [0.15, 0.2) is 17.5 Å². The average molecular weight is 679 g/mol. The lowest BCUT2D eigenvalue weighted by Gasteiger charge is -2.13. The summed E-state index contributed by atoms with van der Waals surface area (Å²) >= 11 is 0. The second-order valence-corrected chi connectivity index (χ2v) is 13.0. The van der Waals surface area contributed by atoms with Gasteiger partial charge in [-0.1, -0.05) is 109 Å². The van der Waals surface area contributed by atoms with Crippen molar-refractivity contribution in [1.29, 1.82) is 0 Å². The van der Waals surface area contributed by atoms with Gasteiger partial charge in [-0.25, -0.2) is 19.9 Å². The van der Waals surface area contributed by atoms with Crippen LogP contribution in [0, 0.1) is 0 Å². The molecule has 10 aromatic rings. The first-order valence-electron chi connectivity index (χ1n) is 17.6. The van der Waals surface area contributed by atoms with Gasteiger partial charge in [0.2, 0.25) is 0 Å². The standard InChI is InChI=1S/C47H30N6/c1-3-13-31(14-4-1)45-50-46(32-15-5-2-6-16-32)52-47(51-45)37-27-35(26-36(28-37)38-25-34-17-7-9-19-41(34)49-30-38)33-22-23-43-40(29-33)39-18-8-10-20-42(39)53(43)44-21-11-12-24-48-44/h1-30H. The lowest BCUT2D eigenvalue weighted by atomic mass is 9.95. The molecule has 0 amide bonds. The summed E-state index contributed by atoms with van der Waals surface area (Å²) in [7, 11) is 0. The predicted molar refractivity (Wildman–Crippen MR) is 214 cm³/mol. The molecule has 0 unspecified atom stereocenters. The Morgan fingerprint density at radius 3 is 1.70 bits per heavy atom. The molecule has 0 bridgehead atoms. The largest absolute Gasteiger partial charge is 0.294 e. The first-order chi connectivity index (χ1) is 26.2. The molecule has 248 valence electrons. The number of hydrogen-bond donors (Lipinski definition) is 0. The zero-order chi connectivity index (χ0) is 35.1. The molecule has 0 spiro atoms. The minimum atomic E-state index is 0.599. The van der Waals surface area contributed by atoms with E-state index in [0.717, 1.165) is 72.1 Å². The Bertz CT molecular complexity index is 2880. The van der Waals surface area contributed by atoms with Crippen molar-refractivity contribution in [3.05, 3.63) is 182 Å². The maximum atomic E-state index is 5.10. The van der Waals surface area contributed by atoms with Crippen molar-refractivity contribution in [2.75, 3.05) is 0 Å². The number of pyridine rings is 2. The van der Waals surface area contributed by atoms with Gasteiger partial charge in [-0.3, -0.25) is 9.55 Å². The van der Waals surface area contributed by atoms with E-state index in [1.807, 2.05) is 103 Å². The molecule has 4 heterocycles. The van der Waals surface area contributed by atoms with Crippen LogP contribution in [0.15, 0.2) is 182 Å². The summed E-state index contributed by atoms with van der Waals surface area (Å²) in [4.78, 5) is 24.7. The van der Waals surface area contributed by atoms with Crippen LogP contribution in [0.4, 0.5) is 0 Å². The first kappa shape index (κ1) is 30.5. The Morgan fingerprint density at radius 1 is 0.358 bits per heavy atom. The number of fused-ring (bicyclic) bond motifs is 4. The van der Waals surface area contributed by atoms with E-state index >= 15 is 0 Å². The number of para-hydroxylation sites is 2. The van der Waals surface area contributed by atoms with Gasteiger partial charge in [-0.15, -0.1) is 0 Å². The molecule has 0 saturated carbocycles. The molecule has 0 N–H and O–H groups in total. The fourth-order valence-corrected chi connectivity index (χ4v) is 7.14. The summed E-state index contributed by atoms with van der Waals surface area (Å²) in [5.41, 5.74) is 10.1. The maximum absolute atomic E-state index is 5.10. The van der Waals surface area contributed by atoms with Gasteiger partial charge in [0.1, 0.15) is 5.82 Å². The highest BCUT2D eigenvalue weighted by Crippen LogP contribution is 2.38. The topological polar surface area (TPSA) is 69.4 Å². The third kappa shape index (κ3) is 5.59. The normalized spacial score (nSPS) is 11.4. The summed E-state index contributed by atoms with van der Waals surface area (Å²) in [5.74, 6) is 2.73. The highest BCUT2D eigenvalue weighted by Gasteiger charge is 2.17. The second kappa shape index (κ2) is 12.8. The molecular formula is C47H30N6. The number of benzene rings is 6. The van der Waals surface area contributed by atoms with Crippen molar-refractivity contribution in [2.24, 2.45) is 0 Å². The van der Waals surface area contributed by atoms with E-state index in [4.69, 9.17) is 24.9 Å². The second-order valence-electron chi connectivity index (χ2n) is 13.0. The van der Waals surface area contributed by atoms with Crippen molar-refractivity contribution in [3.63, 3.8) is 0 Å². The van der Waals surface area contributed by atoms with Crippen LogP contribution in [0.3, 0.4) is 0 Å². The summed E-state index contributed by atoms with van der Waals surface area (Å²) in [6.45, 7) is 0. The van der Waals surface area contributed by atoms with E-state index < -0.39 is 0 Å². The molecule has 0 aliphatic rings. The highest BCUT2D eigenvalue weighted by molar-refractivity contribution is 6.10. The van der Waals surface area contributed by atoms with Crippen molar-refractivity contribution in [3.8, 4) is 62.2 Å². The summed E-state index contributed by atoms with van der Waals surface area (Å²) in [5, 5.41) is 3.40. The zero-order valence-electron chi connectivity index (χ0n) is 28.5. The van der Waals surface area contributed by atoms with E-state index in [1.165, 1.54) is 5.39 Å². The molecule has 6 aromatic carbocycles. The Labute approximate surface area is 305 Å². The number of aromatic nitrogens is 6. The van der Waals surface area contributed by atoms with Crippen molar-refractivity contribution in [1.82, 2.24) is 29.5 Å². The monoisotopic (exact) mass is 678 g/mol. The fraction of sp³-hybridized carbons (Fsp3) is 0. The third-order valence-electron chi connectivity index (χ3n) is 9.70. The minimum absolute atomic E-state index is 0.599. The van der Waals surface area contributed by atoms with Crippen LogP contribution >= 0.6 is 0 Å². The zero-order valence-corrected chi connectivity index (χ0v) is 28.5. The Balaban J connectivity index is 1.21. The van der Waals surface area contributed by atoms with Crippen LogP contribution < -0.4 is 0 Å². The van der Waals surface area contributed by atoms with Crippen molar-refractivity contribution < 1.29 is 0 Å². The molecular weight excluding hydrogens is 649 g/mol. The van der Waals surface area contributed by atoms with Gasteiger partial charge in [-0.2, -0.15) is 0 Å². The highest BCUT2D eigenvalue weighted by atomic mass is 15.1. The van der Waals surface area contributed by atoms with Crippen LogP contribution in [0.5, 0.6) is 0 Å². The molecule has 0 saturated heterocycles. The molecule has 0 atom stereocenters. The molecule has 0 aliphatic carbocycles. The molecule has 53 heavy (non-hydrogen) atoms. The number of nitrogens with zero attached hydrogens (tertiary/aromatic N) is 6. The number of hydrogen-bond acceptors (Lipinski definition) is 5. The van der Waals surface area contributed by atoms with E-state index in [1.54, 1.807) is 0 Å². The van der Waals surface area contributed by atoms with E-state index in [9.17, 15) is 0 Å². The summed E-state index contributed by atoms with van der Waals surface area (Å²) in [6.07, 6.45) is 3.79. The lowest BCUT2D eigenvalue weighted by Crippen LogP contribution is -2.00.